The number of anilines is 1. The molecule has 112 valence electrons. The highest BCUT2D eigenvalue weighted by molar-refractivity contribution is 9.10. The highest BCUT2D eigenvalue weighted by Gasteiger charge is 2.32. The minimum Gasteiger partial charge on any atom is -0.485 e. The fraction of sp³-hybridized carbons (Fsp3) is 0.143. The third-order valence-corrected chi connectivity index (χ3v) is 2.91. The van der Waals surface area contributed by atoms with Gasteiger partial charge in [-0.3, -0.25) is 0 Å². The standard InChI is InChI=1S/C14H11BrF3NO2/c15-10-5-9(6-11(19)7-10)8-20-12-3-1-2-4-13(12)21-14(16,17)18/h1-7H,8,19H2. The van der Waals surface area contributed by atoms with Gasteiger partial charge in [0.15, 0.2) is 11.5 Å². The molecule has 3 nitrogen and oxygen atoms in total. The molecule has 0 spiro atoms. The van der Waals surface area contributed by atoms with E-state index in [1.807, 2.05) is 0 Å². The number of benzene rings is 2. The van der Waals surface area contributed by atoms with E-state index in [4.69, 9.17) is 10.5 Å². The molecule has 0 amide bonds. The van der Waals surface area contributed by atoms with Crippen LogP contribution >= 0.6 is 15.9 Å². The molecule has 0 unspecified atom stereocenters. The largest absolute Gasteiger partial charge is 0.573 e. The van der Waals surface area contributed by atoms with Crippen molar-refractivity contribution in [3.05, 3.63) is 52.5 Å². The Balaban J connectivity index is 2.13. The molecule has 2 aromatic rings. The van der Waals surface area contributed by atoms with E-state index in [0.717, 1.165) is 10.0 Å². The van der Waals surface area contributed by atoms with Gasteiger partial charge in [-0.25, -0.2) is 0 Å². The number of nitrogens with two attached hydrogens (primary N) is 1. The van der Waals surface area contributed by atoms with Gasteiger partial charge < -0.3 is 15.2 Å². The molecule has 0 saturated carbocycles. The quantitative estimate of drug-likeness (QED) is 0.814. The Morgan fingerprint density at radius 1 is 1.05 bits per heavy atom. The molecule has 0 aliphatic heterocycles. The van der Waals surface area contributed by atoms with Gasteiger partial charge in [0, 0.05) is 10.2 Å². The van der Waals surface area contributed by atoms with Crippen molar-refractivity contribution in [1.82, 2.24) is 0 Å². The van der Waals surface area contributed by atoms with E-state index < -0.39 is 6.36 Å². The maximum Gasteiger partial charge on any atom is 0.573 e. The van der Waals surface area contributed by atoms with Crippen molar-refractivity contribution >= 4 is 21.6 Å². The second-order valence-corrected chi connectivity index (χ2v) is 5.09. The first-order valence-corrected chi connectivity index (χ1v) is 6.65. The summed E-state index contributed by atoms with van der Waals surface area (Å²) in [6.07, 6.45) is -4.76. The van der Waals surface area contributed by atoms with E-state index in [0.29, 0.717) is 5.69 Å². The van der Waals surface area contributed by atoms with Crippen LogP contribution in [0.4, 0.5) is 18.9 Å². The summed E-state index contributed by atoms with van der Waals surface area (Å²) in [7, 11) is 0. The Labute approximate surface area is 127 Å². The van der Waals surface area contributed by atoms with Crippen LogP contribution < -0.4 is 15.2 Å². The van der Waals surface area contributed by atoms with E-state index >= 15 is 0 Å². The van der Waals surface area contributed by atoms with Crippen LogP contribution in [0.3, 0.4) is 0 Å². The number of hydrogen-bond donors (Lipinski definition) is 1. The maximum absolute atomic E-state index is 12.3. The molecule has 0 aliphatic rings. The summed E-state index contributed by atoms with van der Waals surface area (Å²) in [6.45, 7) is 0.0713. The smallest absolute Gasteiger partial charge is 0.485 e. The predicted octanol–water partition coefficient (Wildman–Crippen LogP) is 4.51. The lowest BCUT2D eigenvalue weighted by Gasteiger charge is -2.14. The van der Waals surface area contributed by atoms with Crippen LogP contribution in [0.15, 0.2) is 46.9 Å². The molecule has 0 saturated heterocycles. The van der Waals surface area contributed by atoms with E-state index in [-0.39, 0.29) is 18.1 Å². The lowest BCUT2D eigenvalue weighted by molar-refractivity contribution is -0.275. The number of alkyl halides is 3. The summed E-state index contributed by atoms with van der Waals surface area (Å²) >= 11 is 3.28. The van der Waals surface area contributed by atoms with E-state index in [1.165, 1.54) is 18.2 Å². The third-order valence-electron chi connectivity index (χ3n) is 2.45. The summed E-state index contributed by atoms with van der Waals surface area (Å²) < 4.78 is 46.9. The molecule has 2 aromatic carbocycles. The van der Waals surface area contributed by atoms with Crippen molar-refractivity contribution in [2.75, 3.05) is 5.73 Å². The highest BCUT2D eigenvalue weighted by atomic mass is 79.9. The number of hydrogen-bond acceptors (Lipinski definition) is 3. The van der Waals surface area contributed by atoms with Gasteiger partial charge in [-0.15, -0.1) is 13.2 Å². The molecule has 0 aliphatic carbocycles. The molecule has 0 atom stereocenters. The van der Waals surface area contributed by atoms with Crippen LogP contribution in [-0.2, 0) is 6.61 Å². The number of halogens is 4. The second-order valence-electron chi connectivity index (χ2n) is 4.18. The summed E-state index contributed by atoms with van der Waals surface area (Å²) in [5.41, 5.74) is 6.94. The normalized spacial score (nSPS) is 11.2. The lowest BCUT2D eigenvalue weighted by Crippen LogP contribution is -2.17. The number of nitrogen functional groups attached to an aromatic ring is 1. The Morgan fingerprint density at radius 2 is 1.71 bits per heavy atom. The molecule has 0 fully saturated rings. The monoisotopic (exact) mass is 361 g/mol. The Morgan fingerprint density at radius 3 is 2.33 bits per heavy atom. The van der Waals surface area contributed by atoms with Crippen LogP contribution in [0.25, 0.3) is 0 Å². The average molecular weight is 362 g/mol. The first-order chi connectivity index (χ1) is 9.83. The molecule has 0 heterocycles. The minimum atomic E-state index is -4.76. The molecule has 0 radical (unpaired) electrons. The predicted molar refractivity (Wildman–Crippen MR) is 76.0 cm³/mol. The van der Waals surface area contributed by atoms with Crippen LogP contribution in [0.2, 0.25) is 0 Å². The number of ether oxygens (including phenoxy) is 2. The van der Waals surface area contributed by atoms with Gasteiger partial charge in [-0.05, 0) is 35.9 Å². The van der Waals surface area contributed by atoms with Crippen LogP contribution in [0, 0.1) is 0 Å². The van der Waals surface area contributed by atoms with Gasteiger partial charge in [-0.1, -0.05) is 28.1 Å². The Bertz CT molecular complexity index is 612. The van der Waals surface area contributed by atoms with Crippen molar-refractivity contribution in [3.63, 3.8) is 0 Å². The van der Waals surface area contributed by atoms with Crippen molar-refractivity contribution in [2.45, 2.75) is 13.0 Å². The average Bonchev–Trinajstić information content (AvgIpc) is 2.35. The van der Waals surface area contributed by atoms with Crippen molar-refractivity contribution in [1.29, 1.82) is 0 Å². The Hall–Kier alpha value is -1.89. The molecular formula is C14H11BrF3NO2. The Kier molecular flexibility index (Phi) is 4.62. The van der Waals surface area contributed by atoms with Crippen LogP contribution in [0.1, 0.15) is 5.56 Å². The zero-order chi connectivity index (χ0) is 15.5. The van der Waals surface area contributed by atoms with E-state index in [1.54, 1.807) is 24.3 Å². The maximum atomic E-state index is 12.3. The van der Waals surface area contributed by atoms with E-state index in [2.05, 4.69) is 20.7 Å². The number of rotatable bonds is 4. The zero-order valence-corrected chi connectivity index (χ0v) is 12.2. The number of para-hydroxylation sites is 2. The van der Waals surface area contributed by atoms with Gasteiger partial charge in [-0.2, -0.15) is 0 Å². The van der Waals surface area contributed by atoms with Crippen molar-refractivity contribution in [2.24, 2.45) is 0 Å². The first kappa shape index (κ1) is 15.5. The van der Waals surface area contributed by atoms with Crippen LogP contribution in [0.5, 0.6) is 11.5 Å². The fourth-order valence-electron chi connectivity index (χ4n) is 1.70. The molecule has 7 heteroatoms. The molecule has 2 N–H and O–H groups in total. The van der Waals surface area contributed by atoms with Crippen molar-refractivity contribution in [3.8, 4) is 11.5 Å². The van der Waals surface area contributed by atoms with Crippen molar-refractivity contribution < 1.29 is 22.6 Å². The van der Waals surface area contributed by atoms with Gasteiger partial charge >= 0.3 is 6.36 Å². The SMILES string of the molecule is Nc1cc(Br)cc(COc2ccccc2OC(F)(F)F)c1. The van der Waals surface area contributed by atoms with Gasteiger partial charge in [0.05, 0.1) is 0 Å². The third kappa shape index (κ3) is 4.86. The zero-order valence-electron chi connectivity index (χ0n) is 10.7. The molecule has 21 heavy (non-hydrogen) atoms. The molecular weight excluding hydrogens is 351 g/mol. The summed E-state index contributed by atoms with van der Waals surface area (Å²) in [5.74, 6) is -0.374. The van der Waals surface area contributed by atoms with Gasteiger partial charge in [0.2, 0.25) is 0 Å². The summed E-state index contributed by atoms with van der Waals surface area (Å²) in [5, 5.41) is 0. The molecule has 0 bridgehead atoms. The highest BCUT2D eigenvalue weighted by Crippen LogP contribution is 2.32. The minimum absolute atomic E-state index is 0.00775. The topological polar surface area (TPSA) is 44.5 Å². The summed E-state index contributed by atoms with van der Waals surface area (Å²) in [6, 6.07) is 10.8. The fourth-order valence-corrected chi connectivity index (χ4v) is 2.26. The van der Waals surface area contributed by atoms with Gasteiger partial charge in [0.1, 0.15) is 6.61 Å². The molecule has 0 aromatic heterocycles. The summed E-state index contributed by atoms with van der Waals surface area (Å²) in [4.78, 5) is 0. The molecule has 2 rings (SSSR count). The van der Waals surface area contributed by atoms with Gasteiger partial charge in [0.25, 0.3) is 0 Å². The van der Waals surface area contributed by atoms with Crippen LogP contribution in [-0.4, -0.2) is 6.36 Å². The first-order valence-electron chi connectivity index (χ1n) is 5.86. The second kappa shape index (κ2) is 6.26. The van der Waals surface area contributed by atoms with E-state index in [9.17, 15) is 13.2 Å². The lowest BCUT2D eigenvalue weighted by atomic mass is 10.2.